The number of piperidine rings is 1. The minimum absolute atomic E-state index is 0.261. The summed E-state index contributed by atoms with van der Waals surface area (Å²) in [4.78, 5) is 16.7. The van der Waals surface area contributed by atoms with Gasteiger partial charge in [0.2, 0.25) is 5.91 Å². The van der Waals surface area contributed by atoms with Crippen LogP contribution in [-0.4, -0.2) is 54.6 Å². The Labute approximate surface area is 137 Å². The van der Waals surface area contributed by atoms with Crippen LogP contribution in [0.25, 0.3) is 0 Å². The molecule has 0 radical (unpaired) electrons. The van der Waals surface area contributed by atoms with E-state index in [1.54, 1.807) is 7.11 Å². The van der Waals surface area contributed by atoms with Crippen molar-refractivity contribution in [1.29, 1.82) is 5.26 Å². The molecule has 2 atom stereocenters. The number of rotatable bonds is 5. The molecule has 0 unspecified atom stereocenters. The summed E-state index contributed by atoms with van der Waals surface area (Å²) in [7, 11) is 1.68. The second kappa shape index (κ2) is 7.12. The van der Waals surface area contributed by atoms with Crippen molar-refractivity contribution in [3.63, 3.8) is 0 Å². The lowest BCUT2D eigenvalue weighted by Gasteiger charge is -2.39. The van der Waals surface area contributed by atoms with Crippen molar-refractivity contribution in [2.24, 2.45) is 0 Å². The van der Waals surface area contributed by atoms with Crippen LogP contribution < -0.4 is 0 Å². The summed E-state index contributed by atoms with van der Waals surface area (Å²) in [6.07, 6.45) is 2.59. The van der Waals surface area contributed by atoms with E-state index < -0.39 is 0 Å². The number of carbonyl (C=O) groups is 1. The summed E-state index contributed by atoms with van der Waals surface area (Å²) in [5.74, 6) is 0.261. The number of ether oxygens (including phenoxy) is 1. The van der Waals surface area contributed by atoms with E-state index in [1.807, 2.05) is 23.1 Å². The van der Waals surface area contributed by atoms with Crippen LogP contribution in [0.15, 0.2) is 24.3 Å². The van der Waals surface area contributed by atoms with Gasteiger partial charge in [0, 0.05) is 45.2 Å². The van der Waals surface area contributed by atoms with Gasteiger partial charge >= 0.3 is 0 Å². The molecule has 5 nitrogen and oxygen atoms in total. The van der Waals surface area contributed by atoms with Gasteiger partial charge in [-0.15, -0.1) is 0 Å². The zero-order valence-corrected chi connectivity index (χ0v) is 13.6. The van der Waals surface area contributed by atoms with E-state index in [9.17, 15) is 4.79 Å². The van der Waals surface area contributed by atoms with Gasteiger partial charge < -0.3 is 9.64 Å². The number of hydrogen-bond acceptors (Lipinski definition) is 4. The highest BCUT2D eigenvalue weighted by Gasteiger charge is 2.42. The van der Waals surface area contributed by atoms with Crippen LogP contribution in [0, 0.1) is 11.3 Å². The van der Waals surface area contributed by atoms with E-state index >= 15 is 0 Å². The Hall–Kier alpha value is -1.90. The highest BCUT2D eigenvalue weighted by molar-refractivity contribution is 5.77. The zero-order valence-electron chi connectivity index (χ0n) is 13.6. The Kier molecular flexibility index (Phi) is 4.94. The van der Waals surface area contributed by atoms with Crippen LogP contribution in [0.5, 0.6) is 0 Å². The molecule has 3 rings (SSSR count). The summed E-state index contributed by atoms with van der Waals surface area (Å²) in [6, 6.07) is 10.7. The van der Waals surface area contributed by atoms with Gasteiger partial charge in [-0.1, -0.05) is 12.1 Å². The number of methoxy groups -OCH3 is 1. The number of likely N-dealkylation sites (tertiary alicyclic amines) is 2. The normalized spacial score (nSPS) is 24.5. The second-order valence-corrected chi connectivity index (χ2v) is 6.32. The molecule has 0 spiro atoms. The summed E-state index contributed by atoms with van der Waals surface area (Å²) in [6.45, 7) is 3.14. The van der Waals surface area contributed by atoms with E-state index in [0.717, 1.165) is 25.9 Å². The van der Waals surface area contributed by atoms with Gasteiger partial charge in [-0.25, -0.2) is 0 Å². The van der Waals surface area contributed by atoms with Crippen molar-refractivity contribution in [3.8, 4) is 6.07 Å². The maximum Gasteiger partial charge on any atom is 0.223 e. The predicted octanol–water partition coefficient (Wildman–Crippen LogP) is 1.77. The van der Waals surface area contributed by atoms with Gasteiger partial charge in [-0.3, -0.25) is 9.69 Å². The average Bonchev–Trinajstić information content (AvgIpc) is 2.97. The molecule has 0 aromatic heterocycles. The molecule has 2 heterocycles. The first-order valence-corrected chi connectivity index (χ1v) is 8.24. The molecule has 2 fully saturated rings. The highest BCUT2D eigenvalue weighted by atomic mass is 16.5. The van der Waals surface area contributed by atoms with Gasteiger partial charge in [0.05, 0.1) is 18.2 Å². The Morgan fingerprint density at radius 2 is 2.22 bits per heavy atom. The monoisotopic (exact) mass is 313 g/mol. The van der Waals surface area contributed by atoms with Crippen molar-refractivity contribution < 1.29 is 9.53 Å². The summed E-state index contributed by atoms with van der Waals surface area (Å²) < 4.78 is 5.15. The van der Waals surface area contributed by atoms with E-state index in [2.05, 4.69) is 17.0 Å². The number of fused-ring (bicyclic) bond motifs is 1. The molecule has 2 aliphatic heterocycles. The van der Waals surface area contributed by atoms with Crippen LogP contribution in [0.3, 0.4) is 0 Å². The number of nitriles is 1. The van der Waals surface area contributed by atoms with Crippen LogP contribution >= 0.6 is 0 Å². The molecule has 2 aliphatic rings. The first-order chi connectivity index (χ1) is 11.2. The van der Waals surface area contributed by atoms with Crippen molar-refractivity contribution in [1.82, 2.24) is 9.80 Å². The number of carbonyl (C=O) groups excluding carboxylic acids is 1. The quantitative estimate of drug-likeness (QED) is 0.831. The molecule has 0 aliphatic carbocycles. The van der Waals surface area contributed by atoms with Crippen molar-refractivity contribution in [2.75, 3.05) is 26.8 Å². The molecule has 2 saturated heterocycles. The van der Waals surface area contributed by atoms with E-state index in [0.29, 0.717) is 37.2 Å². The predicted molar refractivity (Wildman–Crippen MR) is 86.6 cm³/mol. The van der Waals surface area contributed by atoms with Gasteiger partial charge in [-0.2, -0.15) is 5.26 Å². The lowest BCUT2D eigenvalue weighted by atomic mass is 9.96. The fourth-order valence-corrected chi connectivity index (χ4v) is 3.89. The van der Waals surface area contributed by atoms with Gasteiger partial charge in [-0.05, 0) is 30.5 Å². The number of hydrogen-bond donors (Lipinski definition) is 0. The molecule has 23 heavy (non-hydrogen) atoms. The highest BCUT2D eigenvalue weighted by Crippen LogP contribution is 2.32. The largest absolute Gasteiger partial charge is 0.383 e. The molecule has 1 amide bonds. The number of nitrogens with zero attached hydrogens (tertiary/aromatic N) is 3. The Bertz CT molecular complexity index is 611. The molecule has 0 N–H and O–H groups in total. The molecule has 1 aromatic carbocycles. The Morgan fingerprint density at radius 1 is 1.35 bits per heavy atom. The van der Waals surface area contributed by atoms with E-state index in [1.165, 1.54) is 5.56 Å². The third kappa shape index (κ3) is 3.39. The minimum atomic E-state index is 0.261. The average molecular weight is 313 g/mol. The number of benzene rings is 1. The topological polar surface area (TPSA) is 56.6 Å². The number of amides is 1. The molecule has 0 bridgehead atoms. The third-order valence-electron chi connectivity index (χ3n) is 4.98. The lowest BCUT2D eigenvalue weighted by Crippen LogP contribution is -2.52. The van der Waals surface area contributed by atoms with Crippen LogP contribution in [0.4, 0.5) is 0 Å². The fourth-order valence-electron chi connectivity index (χ4n) is 3.89. The summed E-state index contributed by atoms with van der Waals surface area (Å²) in [5.41, 5.74) is 1.88. The van der Waals surface area contributed by atoms with Crippen LogP contribution in [0.2, 0.25) is 0 Å². The first kappa shape index (κ1) is 16.0. The van der Waals surface area contributed by atoms with Gasteiger partial charge in [0.1, 0.15) is 0 Å². The molecular weight excluding hydrogens is 290 g/mol. The third-order valence-corrected chi connectivity index (χ3v) is 4.98. The van der Waals surface area contributed by atoms with E-state index in [-0.39, 0.29) is 5.91 Å². The van der Waals surface area contributed by atoms with Gasteiger partial charge in [0.15, 0.2) is 0 Å². The molecule has 1 aromatic rings. The summed E-state index contributed by atoms with van der Waals surface area (Å²) in [5, 5.41) is 9.04. The molecular formula is C18H23N3O2. The standard InChI is InChI=1S/C18H23N3O2/c1-23-10-9-21-17-7-8-20(16(17)5-6-18(21)22)13-15-4-2-3-14(11-15)12-19/h2-4,11,16-17H,5-10,13H2,1H3/t16-,17-/m1/s1. The Balaban J connectivity index is 1.69. The molecule has 122 valence electrons. The first-order valence-electron chi connectivity index (χ1n) is 8.24. The summed E-state index contributed by atoms with van der Waals surface area (Å²) >= 11 is 0. The maximum atomic E-state index is 12.2. The van der Waals surface area contributed by atoms with Gasteiger partial charge in [0.25, 0.3) is 0 Å². The maximum absolute atomic E-state index is 12.2. The lowest BCUT2D eigenvalue weighted by molar-refractivity contribution is -0.138. The molecule has 5 heteroatoms. The smallest absolute Gasteiger partial charge is 0.223 e. The van der Waals surface area contributed by atoms with Crippen LogP contribution in [0.1, 0.15) is 30.4 Å². The van der Waals surface area contributed by atoms with Crippen molar-refractivity contribution in [2.45, 2.75) is 37.9 Å². The van der Waals surface area contributed by atoms with Crippen LogP contribution in [-0.2, 0) is 16.1 Å². The van der Waals surface area contributed by atoms with E-state index in [4.69, 9.17) is 10.00 Å². The SMILES string of the molecule is COCCN1C(=O)CC[C@@H]2[C@H]1CCN2Cc1cccc(C#N)c1. The fraction of sp³-hybridized carbons (Fsp3) is 0.556. The Morgan fingerprint density at radius 3 is 3.00 bits per heavy atom. The zero-order chi connectivity index (χ0) is 16.2. The molecule has 0 saturated carbocycles. The minimum Gasteiger partial charge on any atom is -0.383 e. The second-order valence-electron chi connectivity index (χ2n) is 6.32. The van der Waals surface area contributed by atoms with Crippen molar-refractivity contribution in [3.05, 3.63) is 35.4 Å². The van der Waals surface area contributed by atoms with Crippen molar-refractivity contribution >= 4 is 5.91 Å².